The van der Waals surface area contributed by atoms with Crippen LogP contribution in [0.5, 0.6) is 11.5 Å². The lowest BCUT2D eigenvalue weighted by atomic mass is 10.1. The number of benzene rings is 3. The average molecular weight is 468 g/mol. The number of sulfonamides is 1. The molecule has 0 spiro atoms. The predicted molar refractivity (Wildman–Crippen MR) is 127 cm³/mol. The predicted octanol–water partition coefficient (Wildman–Crippen LogP) is 3.37. The first-order valence-electron chi connectivity index (χ1n) is 10.4. The standard InChI is InChI=1S/C24H25N3O5S/c1-33(29,30)27-21-12-18(11-19(14-21)24(28)26-20-5-3-2-4-6-20)16-25-15-17-7-8-22-23(13-17)32-10-9-31-22/h2-8,11-14,25,27H,9-10,15-16H2,1H3,(H,26,28). The maximum atomic E-state index is 12.8. The number of hydrogen-bond donors (Lipinski definition) is 3. The molecule has 1 aliphatic heterocycles. The molecule has 4 rings (SSSR count). The van der Waals surface area contributed by atoms with Gasteiger partial charge >= 0.3 is 0 Å². The van der Waals surface area contributed by atoms with E-state index in [0.29, 0.717) is 43.2 Å². The zero-order chi connectivity index (χ0) is 23.3. The minimum Gasteiger partial charge on any atom is -0.486 e. The van der Waals surface area contributed by atoms with Crippen molar-refractivity contribution in [1.29, 1.82) is 0 Å². The van der Waals surface area contributed by atoms with E-state index in [-0.39, 0.29) is 5.91 Å². The van der Waals surface area contributed by atoms with Crippen LogP contribution in [0.1, 0.15) is 21.5 Å². The highest BCUT2D eigenvalue weighted by Crippen LogP contribution is 2.30. The first kappa shape index (κ1) is 22.6. The van der Waals surface area contributed by atoms with Crippen molar-refractivity contribution in [3.63, 3.8) is 0 Å². The lowest BCUT2D eigenvalue weighted by Crippen LogP contribution is -2.18. The van der Waals surface area contributed by atoms with Gasteiger partial charge in [-0.2, -0.15) is 0 Å². The molecule has 8 nitrogen and oxygen atoms in total. The first-order chi connectivity index (χ1) is 15.9. The summed E-state index contributed by atoms with van der Waals surface area (Å²) in [4.78, 5) is 12.8. The second-order valence-corrected chi connectivity index (χ2v) is 9.44. The molecule has 0 aromatic heterocycles. The van der Waals surface area contributed by atoms with Crippen molar-refractivity contribution in [3.8, 4) is 11.5 Å². The molecule has 3 N–H and O–H groups in total. The summed E-state index contributed by atoms with van der Waals surface area (Å²) in [6.07, 6.45) is 1.07. The van der Waals surface area contributed by atoms with Crippen LogP contribution < -0.4 is 24.8 Å². The molecule has 172 valence electrons. The molecule has 0 aliphatic carbocycles. The van der Waals surface area contributed by atoms with Gasteiger partial charge in [0.1, 0.15) is 13.2 Å². The Morgan fingerprint density at radius 2 is 1.58 bits per heavy atom. The molecule has 9 heteroatoms. The fourth-order valence-corrected chi connectivity index (χ4v) is 4.02. The van der Waals surface area contributed by atoms with Crippen LogP contribution in [0.15, 0.2) is 66.7 Å². The van der Waals surface area contributed by atoms with E-state index < -0.39 is 10.0 Å². The number of hydrogen-bond acceptors (Lipinski definition) is 6. The van der Waals surface area contributed by atoms with Gasteiger partial charge in [0.15, 0.2) is 11.5 Å². The maximum Gasteiger partial charge on any atom is 0.255 e. The number of rotatable bonds is 8. The van der Waals surface area contributed by atoms with Crippen molar-refractivity contribution in [2.24, 2.45) is 0 Å². The van der Waals surface area contributed by atoms with Crippen molar-refractivity contribution in [2.75, 3.05) is 29.5 Å². The van der Waals surface area contributed by atoms with E-state index in [2.05, 4.69) is 15.4 Å². The van der Waals surface area contributed by atoms with Crippen LogP contribution in [-0.2, 0) is 23.1 Å². The molecule has 0 bridgehead atoms. The minimum absolute atomic E-state index is 0.327. The summed E-state index contributed by atoms with van der Waals surface area (Å²) in [6, 6.07) is 19.8. The molecule has 1 amide bonds. The van der Waals surface area contributed by atoms with Crippen molar-refractivity contribution in [2.45, 2.75) is 13.1 Å². The SMILES string of the molecule is CS(=O)(=O)Nc1cc(CNCc2ccc3c(c2)OCCO3)cc(C(=O)Nc2ccccc2)c1. The van der Waals surface area contributed by atoms with E-state index in [9.17, 15) is 13.2 Å². The number of carbonyl (C=O) groups excluding carboxylic acids is 1. The number of ether oxygens (including phenoxy) is 2. The molecule has 0 atom stereocenters. The molecule has 1 heterocycles. The number of para-hydroxylation sites is 1. The van der Waals surface area contributed by atoms with E-state index in [4.69, 9.17) is 9.47 Å². The van der Waals surface area contributed by atoms with Gasteiger partial charge in [-0.15, -0.1) is 0 Å². The van der Waals surface area contributed by atoms with Gasteiger partial charge in [0.05, 0.1) is 6.26 Å². The summed E-state index contributed by atoms with van der Waals surface area (Å²) in [5, 5.41) is 6.15. The van der Waals surface area contributed by atoms with Crippen LogP contribution in [0.25, 0.3) is 0 Å². The van der Waals surface area contributed by atoms with E-state index in [1.165, 1.54) is 6.07 Å². The normalized spacial score (nSPS) is 12.8. The second kappa shape index (κ2) is 9.93. The molecule has 1 aliphatic rings. The van der Waals surface area contributed by atoms with E-state index in [1.54, 1.807) is 24.3 Å². The van der Waals surface area contributed by atoms with E-state index >= 15 is 0 Å². The van der Waals surface area contributed by atoms with Crippen LogP contribution in [-0.4, -0.2) is 33.8 Å². The van der Waals surface area contributed by atoms with Gasteiger partial charge < -0.3 is 20.1 Å². The van der Waals surface area contributed by atoms with Crippen LogP contribution in [0.3, 0.4) is 0 Å². The third kappa shape index (κ3) is 6.47. The molecule has 3 aromatic carbocycles. The van der Waals surface area contributed by atoms with Crippen LogP contribution in [0.2, 0.25) is 0 Å². The monoisotopic (exact) mass is 467 g/mol. The Kier molecular flexibility index (Phi) is 6.81. The van der Waals surface area contributed by atoms with Gasteiger partial charge in [-0.1, -0.05) is 24.3 Å². The van der Waals surface area contributed by atoms with Crippen molar-refractivity contribution in [3.05, 3.63) is 83.4 Å². The Balaban J connectivity index is 1.48. The second-order valence-electron chi connectivity index (χ2n) is 7.69. The quantitative estimate of drug-likeness (QED) is 0.469. The van der Waals surface area contributed by atoms with E-state index in [0.717, 1.165) is 28.9 Å². The number of carbonyl (C=O) groups is 1. The highest BCUT2D eigenvalue weighted by molar-refractivity contribution is 7.92. The van der Waals surface area contributed by atoms with E-state index in [1.807, 2.05) is 36.4 Å². The Bertz CT molecular complexity index is 1250. The fraction of sp³-hybridized carbons (Fsp3) is 0.208. The Morgan fingerprint density at radius 1 is 0.848 bits per heavy atom. The molecular weight excluding hydrogens is 442 g/mol. The van der Waals surface area contributed by atoms with Crippen LogP contribution in [0.4, 0.5) is 11.4 Å². The lowest BCUT2D eigenvalue weighted by molar-refractivity contribution is 0.102. The maximum absolute atomic E-state index is 12.8. The smallest absolute Gasteiger partial charge is 0.255 e. The summed E-state index contributed by atoms with van der Waals surface area (Å²) in [7, 11) is -3.50. The molecule has 33 heavy (non-hydrogen) atoms. The van der Waals surface area contributed by atoms with Crippen LogP contribution in [0, 0.1) is 0 Å². The molecule has 0 saturated carbocycles. The summed E-state index contributed by atoms with van der Waals surface area (Å²) in [5.41, 5.74) is 3.12. The third-order valence-electron chi connectivity index (χ3n) is 4.85. The lowest BCUT2D eigenvalue weighted by Gasteiger charge is -2.19. The number of anilines is 2. The van der Waals surface area contributed by atoms with Gasteiger partial charge in [-0.05, 0) is 53.6 Å². The zero-order valence-electron chi connectivity index (χ0n) is 18.1. The molecule has 0 radical (unpaired) electrons. The largest absolute Gasteiger partial charge is 0.486 e. The van der Waals surface area contributed by atoms with Gasteiger partial charge in [-0.25, -0.2) is 8.42 Å². The summed E-state index contributed by atoms with van der Waals surface area (Å²) >= 11 is 0. The number of fused-ring (bicyclic) bond motifs is 1. The molecule has 3 aromatic rings. The Labute approximate surface area is 193 Å². The number of amides is 1. The number of nitrogens with one attached hydrogen (secondary N) is 3. The molecule has 0 saturated heterocycles. The fourth-order valence-electron chi connectivity index (χ4n) is 3.47. The molecule has 0 fully saturated rings. The highest BCUT2D eigenvalue weighted by Gasteiger charge is 2.13. The average Bonchev–Trinajstić information content (AvgIpc) is 2.78. The van der Waals surface area contributed by atoms with Crippen molar-refractivity contribution in [1.82, 2.24) is 5.32 Å². The Hall–Kier alpha value is -3.56. The van der Waals surface area contributed by atoms with Gasteiger partial charge in [0.25, 0.3) is 5.91 Å². The van der Waals surface area contributed by atoms with Crippen LogP contribution >= 0.6 is 0 Å². The minimum atomic E-state index is -3.50. The first-order valence-corrected chi connectivity index (χ1v) is 12.3. The molecular formula is C24H25N3O5S. The van der Waals surface area contributed by atoms with Gasteiger partial charge in [0, 0.05) is 30.0 Å². The van der Waals surface area contributed by atoms with Crippen molar-refractivity contribution < 1.29 is 22.7 Å². The third-order valence-corrected chi connectivity index (χ3v) is 5.46. The van der Waals surface area contributed by atoms with Crippen molar-refractivity contribution >= 4 is 27.3 Å². The van der Waals surface area contributed by atoms with Gasteiger partial charge in [0.2, 0.25) is 10.0 Å². The summed E-state index contributed by atoms with van der Waals surface area (Å²) in [5.74, 6) is 1.13. The highest BCUT2D eigenvalue weighted by atomic mass is 32.2. The summed E-state index contributed by atoms with van der Waals surface area (Å²) in [6.45, 7) is 2.06. The zero-order valence-corrected chi connectivity index (χ0v) is 18.9. The van der Waals surface area contributed by atoms with Gasteiger partial charge in [-0.3, -0.25) is 9.52 Å². The Morgan fingerprint density at radius 3 is 2.33 bits per heavy atom. The molecule has 0 unspecified atom stereocenters. The topological polar surface area (TPSA) is 106 Å². The summed E-state index contributed by atoms with van der Waals surface area (Å²) < 4.78 is 37.1.